The van der Waals surface area contributed by atoms with Gasteiger partial charge in [0.2, 0.25) is 5.91 Å². The summed E-state index contributed by atoms with van der Waals surface area (Å²) in [5.74, 6) is 0.954. The van der Waals surface area contributed by atoms with Crippen LogP contribution in [-0.4, -0.2) is 23.4 Å². The van der Waals surface area contributed by atoms with E-state index in [9.17, 15) is 4.79 Å². The van der Waals surface area contributed by atoms with Gasteiger partial charge in [0.1, 0.15) is 0 Å². The summed E-state index contributed by atoms with van der Waals surface area (Å²) in [5.41, 5.74) is 2.33. The Kier molecular flexibility index (Phi) is 2.94. The van der Waals surface area contributed by atoms with E-state index >= 15 is 0 Å². The SMILES string of the molecule is Cc1cccc(/C=C/C(=O)N2CC3CCC2C3)c1. The molecule has 2 heteroatoms. The highest BCUT2D eigenvalue weighted by atomic mass is 16.2. The lowest BCUT2D eigenvalue weighted by Crippen LogP contribution is -2.36. The van der Waals surface area contributed by atoms with Gasteiger partial charge in [-0.15, -0.1) is 0 Å². The van der Waals surface area contributed by atoms with Crippen molar-refractivity contribution >= 4 is 12.0 Å². The minimum absolute atomic E-state index is 0.184. The molecule has 0 aromatic heterocycles. The molecule has 2 unspecified atom stereocenters. The van der Waals surface area contributed by atoms with Crippen molar-refractivity contribution in [3.8, 4) is 0 Å². The van der Waals surface area contributed by atoms with Gasteiger partial charge in [0.25, 0.3) is 0 Å². The summed E-state index contributed by atoms with van der Waals surface area (Å²) in [4.78, 5) is 14.2. The average Bonchev–Trinajstić information content (AvgIpc) is 2.98. The molecule has 1 aromatic carbocycles. The van der Waals surface area contributed by atoms with Gasteiger partial charge in [-0.1, -0.05) is 29.8 Å². The Morgan fingerprint density at radius 3 is 2.94 bits per heavy atom. The Bertz CT molecular complexity index is 492. The molecule has 1 aliphatic carbocycles. The van der Waals surface area contributed by atoms with Gasteiger partial charge < -0.3 is 4.90 Å². The third kappa shape index (κ3) is 2.20. The molecule has 0 N–H and O–H groups in total. The van der Waals surface area contributed by atoms with Crippen LogP contribution < -0.4 is 0 Å². The summed E-state index contributed by atoms with van der Waals surface area (Å²) in [6.07, 6.45) is 7.41. The van der Waals surface area contributed by atoms with Crippen LogP contribution in [0, 0.1) is 12.8 Å². The van der Waals surface area contributed by atoms with E-state index in [1.165, 1.54) is 24.8 Å². The highest BCUT2D eigenvalue weighted by Crippen LogP contribution is 2.37. The lowest BCUT2D eigenvalue weighted by Gasteiger charge is -2.25. The van der Waals surface area contributed by atoms with Crippen molar-refractivity contribution in [2.24, 2.45) is 5.92 Å². The van der Waals surface area contributed by atoms with Crippen molar-refractivity contribution in [1.29, 1.82) is 0 Å². The van der Waals surface area contributed by atoms with Gasteiger partial charge in [0.05, 0.1) is 0 Å². The summed E-state index contributed by atoms with van der Waals surface area (Å²) in [6, 6.07) is 8.74. The molecule has 2 aliphatic rings. The summed E-state index contributed by atoms with van der Waals surface area (Å²) in [7, 11) is 0. The molecule has 1 heterocycles. The van der Waals surface area contributed by atoms with Crippen molar-refractivity contribution in [1.82, 2.24) is 4.90 Å². The number of rotatable bonds is 2. The third-order valence-electron chi connectivity index (χ3n) is 4.15. The van der Waals surface area contributed by atoms with E-state index in [0.717, 1.165) is 18.0 Å². The lowest BCUT2D eigenvalue weighted by atomic mass is 10.1. The number of carbonyl (C=O) groups is 1. The summed E-state index contributed by atoms with van der Waals surface area (Å²) < 4.78 is 0. The second kappa shape index (κ2) is 4.60. The predicted molar refractivity (Wildman–Crippen MR) is 73.1 cm³/mol. The van der Waals surface area contributed by atoms with Crippen LogP contribution in [0.3, 0.4) is 0 Å². The molecule has 1 aromatic rings. The van der Waals surface area contributed by atoms with Gasteiger partial charge in [0, 0.05) is 18.7 Å². The molecule has 2 nitrogen and oxygen atoms in total. The maximum Gasteiger partial charge on any atom is 0.246 e. The molecule has 2 atom stereocenters. The predicted octanol–water partition coefficient (Wildman–Crippen LogP) is 3.02. The van der Waals surface area contributed by atoms with E-state index in [0.29, 0.717) is 6.04 Å². The molecule has 1 saturated heterocycles. The van der Waals surface area contributed by atoms with Gasteiger partial charge in [-0.3, -0.25) is 4.79 Å². The number of hydrogen-bond donors (Lipinski definition) is 0. The third-order valence-corrected chi connectivity index (χ3v) is 4.15. The van der Waals surface area contributed by atoms with Crippen molar-refractivity contribution in [2.45, 2.75) is 32.2 Å². The van der Waals surface area contributed by atoms with Crippen LogP contribution in [0.1, 0.15) is 30.4 Å². The zero-order valence-electron chi connectivity index (χ0n) is 10.8. The van der Waals surface area contributed by atoms with E-state index in [-0.39, 0.29) is 5.91 Å². The minimum atomic E-state index is 0.184. The number of fused-ring (bicyclic) bond motifs is 2. The quantitative estimate of drug-likeness (QED) is 0.729. The molecule has 0 radical (unpaired) electrons. The lowest BCUT2D eigenvalue weighted by molar-refractivity contribution is -0.127. The number of nitrogens with zero attached hydrogens (tertiary/aromatic N) is 1. The minimum Gasteiger partial charge on any atom is -0.336 e. The molecule has 18 heavy (non-hydrogen) atoms. The fourth-order valence-electron chi connectivity index (χ4n) is 3.23. The van der Waals surface area contributed by atoms with Crippen LogP contribution in [0.4, 0.5) is 0 Å². The second-order valence-electron chi connectivity index (χ2n) is 5.57. The normalized spacial score (nSPS) is 26.2. The van der Waals surface area contributed by atoms with Crippen molar-refractivity contribution in [2.75, 3.05) is 6.54 Å². The van der Waals surface area contributed by atoms with Crippen molar-refractivity contribution in [3.63, 3.8) is 0 Å². The number of benzene rings is 1. The Morgan fingerprint density at radius 1 is 1.39 bits per heavy atom. The maximum atomic E-state index is 12.1. The average molecular weight is 241 g/mol. The van der Waals surface area contributed by atoms with Crippen LogP contribution >= 0.6 is 0 Å². The Morgan fingerprint density at radius 2 is 2.28 bits per heavy atom. The molecular weight excluding hydrogens is 222 g/mol. The van der Waals surface area contributed by atoms with E-state index in [4.69, 9.17) is 0 Å². The van der Waals surface area contributed by atoms with Crippen LogP contribution in [-0.2, 0) is 4.79 Å². The van der Waals surface area contributed by atoms with Gasteiger partial charge in [-0.05, 0) is 43.7 Å². The zero-order chi connectivity index (χ0) is 12.5. The van der Waals surface area contributed by atoms with Crippen LogP contribution in [0.25, 0.3) is 6.08 Å². The fraction of sp³-hybridized carbons (Fsp3) is 0.438. The molecular formula is C16H19NO. The van der Waals surface area contributed by atoms with E-state index < -0.39 is 0 Å². The molecule has 0 spiro atoms. The van der Waals surface area contributed by atoms with Crippen LogP contribution in [0.2, 0.25) is 0 Å². The number of piperidine rings is 1. The Labute approximate surface area is 108 Å². The number of likely N-dealkylation sites (tertiary alicyclic amines) is 1. The molecule has 2 bridgehead atoms. The largest absolute Gasteiger partial charge is 0.336 e. The number of hydrogen-bond acceptors (Lipinski definition) is 1. The highest BCUT2D eigenvalue weighted by molar-refractivity contribution is 5.92. The Hall–Kier alpha value is -1.57. The number of carbonyl (C=O) groups excluding carboxylic acids is 1. The fourth-order valence-corrected chi connectivity index (χ4v) is 3.23. The second-order valence-corrected chi connectivity index (χ2v) is 5.57. The van der Waals surface area contributed by atoms with Crippen molar-refractivity contribution < 1.29 is 4.79 Å². The van der Waals surface area contributed by atoms with Gasteiger partial charge >= 0.3 is 0 Å². The molecule has 3 rings (SSSR count). The van der Waals surface area contributed by atoms with Crippen molar-refractivity contribution in [3.05, 3.63) is 41.5 Å². The molecule has 2 fully saturated rings. The first kappa shape index (κ1) is 11.5. The number of aryl methyl sites for hydroxylation is 1. The first-order chi connectivity index (χ1) is 8.72. The van der Waals surface area contributed by atoms with Gasteiger partial charge in [0.15, 0.2) is 0 Å². The van der Waals surface area contributed by atoms with E-state index in [1.807, 2.05) is 18.2 Å². The van der Waals surface area contributed by atoms with Gasteiger partial charge in [-0.25, -0.2) is 0 Å². The molecule has 94 valence electrons. The molecule has 1 saturated carbocycles. The smallest absolute Gasteiger partial charge is 0.246 e. The first-order valence-corrected chi connectivity index (χ1v) is 6.78. The summed E-state index contributed by atoms with van der Waals surface area (Å²) in [5, 5.41) is 0. The van der Waals surface area contributed by atoms with Gasteiger partial charge in [-0.2, -0.15) is 0 Å². The summed E-state index contributed by atoms with van der Waals surface area (Å²) >= 11 is 0. The van der Waals surface area contributed by atoms with E-state index in [1.54, 1.807) is 6.08 Å². The Balaban J connectivity index is 1.67. The first-order valence-electron chi connectivity index (χ1n) is 6.78. The van der Waals surface area contributed by atoms with Crippen LogP contribution in [0.5, 0.6) is 0 Å². The standard InChI is InChI=1S/C16H19NO/c1-12-3-2-4-13(9-12)6-8-16(18)17-11-14-5-7-15(17)10-14/h2-4,6,8-9,14-15H,5,7,10-11H2,1H3/b8-6+. The summed E-state index contributed by atoms with van der Waals surface area (Å²) in [6.45, 7) is 3.04. The highest BCUT2D eigenvalue weighted by Gasteiger charge is 2.39. The topological polar surface area (TPSA) is 20.3 Å². The van der Waals surface area contributed by atoms with E-state index in [2.05, 4.69) is 24.0 Å². The molecule has 1 amide bonds. The van der Waals surface area contributed by atoms with Crippen LogP contribution in [0.15, 0.2) is 30.3 Å². The zero-order valence-corrected chi connectivity index (χ0v) is 10.8. The number of amides is 1. The maximum absolute atomic E-state index is 12.1. The molecule has 1 aliphatic heterocycles. The monoisotopic (exact) mass is 241 g/mol.